The normalized spacial score (nSPS) is 13.3. The molecule has 3 rings (SSSR count). The topological polar surface area (TPSA) is 117 Å². The lowest BCUT2D eigenvalue weighted by Crippen LogP contribution is -2.35. The van der Waals surface area contributed by atoms with Crippen molar-refractivity contribution in [2.75, 3.05) is 13.2 Å². The number of esters is 1. The van der Waals surface area contributed by atoms with Crippen LogP contribution in [0.25, 0.3) is 0 Å². The van der Waals surface area contributed by atoms with E-state index in [1.54, 1.807) is 0 Å². The second-order valence-electron chi connectivity index (χ2n) is 6.02. The van der Waals surface area contributed by atoms with E-state index in [2.05, 4.69) is 5.32 Å². The molecule has 9 heteroatoms. The number of amides is 1. The van der Waals surface area contributed by atoms with Crippen LogP contribution in [0.5, 0.6) is 11.5 Å². The van der Waals surface area contributed by atoms with Crippen LogP contribution < -0.4 is 14.8 Å². The minimum absolute atomic E-state index is 0.183. The standard InChI is InChI=1S/C19H18N2O7/c1-12(18(22)20-11-13-5-3-2-4-6-13)28-19(23)14-9-16-17(27-8-7-26-16)10-15(14)21(24)25/h2-6,9-10,12H,7-8,11H2,1H3,(H,20,22)/t12-/m0/s1. The summed E-state index contributed by atoms with van der Waals surface area (Å²) in [6, 6.07) is 11.5. The Morgan fingerprint density at radius 1 is 1.18 bits per heavy atom. The highest BCUT2D eigenvalue weighted by molar-refractivity contribution is 5.96. The maximum Gasteiger partial charge on any atom is 0.346 e. The molecule has 0 spiro atoms. The van der Waals surface area contributed by atoms with Crippen molar-refractivity contribution in [2.45, 2.75) is 19.6 Å². The molecule has 1 atom stereocenters. The van der Waals surface area contributed by atoms with Crippen molar-refractivity contribution >= 4 is 17.6 Å². The summed E-state index contributed by atoms with van der Waals surface area (Å²) in [7, 11) is 0. The van der Waals surface area contributed by atoms with Gasteiger partial charge >= 0.3 is 5.97 Å². The average molecular weight is 386 g/mol. The third-order valence-electron chi connectivity index (χ3n) is 4.04. The zero-order valence-electron chi connectivity index (χ0n) is 15.0. The molecule has 1 N–H and O–H groups in total. The predicted octanol–water partition coefficient (Wildman–Crippen LogP) is 2.23. The van der Waals surface area contributed by atoms with Crippen molar-refractivity contribution in [1.29, 1.82) is 0 Å². The van der Waals surface area contributed by atoms with Crippen molar-refractivity contribution in [3.63, 3.8) is 0 Å². The van der Waals surface area contributed by atoms with Gasteiger partial charge in [-0.05, 0) is 12.5 Å². The smallest absolute Gasteiger partial charge is 0.346 e. The highest BCUT2D eigenvalue weighted by atomic mass is 16.6. The number of fused-ring (bicyclic) bond motifs is 1. The Kier molecular flexibility index (Phi) is 5.73. The number of carbonyl (C=O) groups is 2. The molecule has 0 saturated carbocycles. The van der Waals surface area contributed by atoms with Crippen LogP contribution in [0.4, 0.5) is 5.69 Å². The number of ether oxygens (including phenoxy) is 3. The summed E-state index contributed by atoms with van der Waals surface area (Å²) in [5.74, 6) is -1.11. The molecule has 146 valence electrons. The van der Waals surface area contributed by atoms with Gasteiger partial charge in [-0.2, -0.15) is 0 Å². The first-order valence-corrected chi connectivity index (χ1v) is 8.56. The van der Waals surface area contributed by atoms with Gasteiger partial charge in [-0.15, -0.1) is 0 Å². The van der Waals surface area contributed by atoms with E-state index in [0.717, 1.165) is 11.6 Å². The molecule has 0 unspecified atom stereocenters. The van der Waals surface area contributed by atoms with Crippen LogP contribution in [0, 0.1) is 10.1 Å². The van der Waals surface area contributed by atoms with Crippen molar-refractivity contribution in [1.82, 2.24) is 5.32 Å². The summed E-state index contributed by atoms with van der Waals surface area (Å²) in [6.07, 6.45) is -1.14. The summed E-state index contributed by atoms with van der Waals surface area (Å²) < 4.78 is 15.8. The van der Waals surface area contributed by atoms with E-state index in [9.17, 15) is 19.7 Å². The number of nitro benzene ring substituents is 1. The second-order valence-corrected chi connectivity index (χ2v) is 6.02. The van der Waals surface area contributed by atoms with Gasteiger partial charge in [-0.1, -0.05) is 30.3 Å². The molecule has 9 nitrogen and oxygen atoms in total. The Morgan fingerprint density at radius 3 is 2.46 bits per heavy atom. The SMILES string of the molecule is C[C@H](OC(=O)c1cc2c(cc1[N+](=O)[O-])OCCO2)C(=O)NCc1ccccc1. The van der Waals surface area contributed by atoms with Crippen LogP contribution in [0.15, 0.2) is 42.5 Å². The molecule has 0 fully saturated rings. The molecule has 0 bridgehead atoms. The zero-order valence-corrected chi connectivity index (χ0v) is 15.0. The Balaban J connectivity index is 1.69. The van der Waals surface area contributed by atoms with Gasteiger partial charge in [-0.25, -0.2) is 4.79 Å². The lowest BCUT2D eigenvalue weighted by molar-refractivity contribution is -0.385. The highest BCUT2D eigenvalue weighted by Crippen LogP contribution is 2.37. The van der Waals surface area contributed by atoms with Crippen molar-refractivity contribution in [3.05, 3.63) is 63.7 Å². The first-order chi connectivity index (χ1) is 13.5. The van der Waals surface area contributed by atoms with Crippen LogP contribution in [0.2, 0.25) is 0 Å². The molecule has 2 aromatic carbocycles. The van der Waals surface area contributed by atoms with Crippen LogP contribution in [0.1, 0.15) is 22.8 Å². The van der Waals surface area contributed by atoms with Crippen molar-refractivity contribution in [2.24, 2.45) is 0 Å². The summed E-state index contributed by atoms with van der Waals surface area (Å²) in [5.41, 5.74) is 0.0972. The van der Waals surface area contributed by atoms with E-state index in [1.165, 1.54) is 13.0 Å². The highest BCUT2D eigenvalue weighted by Gasteiger charge is 2.29. The first-order valence-electron chi connectivity index (χ1n) is 8.56. The minimum Gasteiger partial charge on any atom is -0.486 e. The fraction of sp³-hybridized carbons (Fsp3) is 0.263. The first kappa shape index (κ1) is 19.2. The van der Waals surface area contributed by atoms with E-state index in [1.807, 2.05) is 30.3 Å². The number of hydrogen-bond acceptors (Lipinski definition) is 7. The third-order valence-corrected chi connectivity index (χ3v) is 4.04. The Morgan fingerprint density at radius 2 is 1.82 bits per heavy atom. The number of hydrogen-bond donors (Lipinski definition) is 1. The van der Waals surface area contributed by atoms with Crippen LogP contribution in [0.3, 0.4) is 0 Å². The van der Waals surface area contributed by atoms with E-state index in [4.69, 9.17) is 14.2 Å². The van der Waals surface area contributed by atoms with E-state index >= 15 is 0 Å². The summed E-state index contributed by atoms with van der Waals surface area (Å²) in [5, 5.41) is 14.0. The Labute approximate surface area is 160 Å². The summed E-state index contributed by atoms with van der Waals surface area (Å²) in [6.45, 7) is 2.18. The number of nitrogens with zero attached hydrogens (tertiary/aromatic N) is 1. The number of carbonyl (C=O) groups excluding carboxylic acids is 2. The van der Waals surface area contributed by atoms with E-state index in [0.29, 0.717) is 0 Å². The molecule has 1 heterocycles. The Hall–Kier alpha value is -3.62. The third kappa shape index (κ3) is 4.37. The molecule has 0 radical (unpaired) electrons. The largest absolute Gasteiger partial charge is 0.486 e. The van der Waals surface area contributed by atoms with Crippen LogP contribution in [-0.2, 0) is 16.1 Å². The van der Waals surface area contributed by atoms with Gasteiger partial charge in [0.25, 0.3) is 11.6 Å². The Bertz CT molecular complexity index is 899. The molecule has 1 aliphatic heterocycles. The molecule has 2 aromatic rings. The summed E-state index contributed by atoms with van der Waals surface area (Å²) in [4.78, 5) is 35.2. The van der Waals surface area contributed by atoms with Gasteiger partial charge in [0.05, 0.1) is 11.0 Å². The molecule has 1 amide bonds. The molecule has 0 saturated heterocycles. The van der Waals surface area contributed by atoms with Crippen molar-refractivity contribution < 1.29 is 28.7 Å². The molecule has 1 aliphatic rings. The maximum absolute atomic E-state index is 12.4. The van der Waals surface area contributed by atoms with Gasteiger partial charge in [0, 0.05) is 12.6 Å². The number of benzene rings is 2. The quantitative estimate of drug-likeness (QED) is 0.459. The summed E-state index contributed by atoms with van der Waals surface area (Å²) >= 11 is 0. The van der Waals surface area contributed by atoms with Gasteiger partial charge < -0.3 is 19.5 Å². The molecular weight excluding hydrogens is 368 g/mol. The fourth-order valence-electron chi connectivity index (χ4n) is 2.60. The number of nitrogens with one attached hydrogen (secondary N) is 1. The molecule has 0 aliphatic carbocycles. The number of rotatable bonds is 6. The lowest BCUT2D eigenvalue weighted by atomic mass is 10.1. The fourth-order valence-corrected chi connectivity index (χ4v) is 2.60. The van der Waals surface area contributed by atoms with Gasteiger partial charge in [0.2, 0.25) is 0 Å². The molecule has 0 aromatic heterocycles. The number of nitro groups is 1. The second kappa shape index (κ2) is 8.38. The molecule has 28 heavy (non-hydrogen) atoms. The van der Waals surface area contributed by atoms with Crippen LogP contribution in [-0.4, -0.2) is 36.1 Å². The van der Waals surface area contributed by atoms with Gasteiger partial charge in [0.1, 0.15) is 18.8 Å². The zero-order chi connectivity index (χ0) is 20.1. The monoisotopic (exact) mass is 386 g/mol. The van der Waals surface area contributed by atoms with E-state index in [-0.39, 0.29) is 36.8 Å². The van der Waals surface area contributed by atoms with E-state index < -0.39 is 28.6 Å². The molecular formula is C19H18N2O7. The van der Waals surface area contributed by atoms with Crippen LogP contribution >= 0.6 is 0 Å². The minimum atomic E-state index is -1.14. The average Bonchev–Trinajstić information content (AvgIpc) is 2.71. The predicted molar refractivity (Wildman–Crippen MR) is 97.3 cm³/mol. The maximum atomic E-state index is 12.4. The van der Waals surface area contributed by atoms with Gasteiger partial charge in [-0.3, -0.25) is 14.9 Å². The lowest BCUT2D eigenvalue weighted by Gasteiger charge is -2.19. The van der Waals surface area contributed by atoms with Gasteiger partial charge in [0.15, 0.2) is 17.6 Å². The van der Waals surface area contributed by atoms with Crippen molar-refractivity contribution in [3.8, 4) is 11.5 Å².